The predicted molar refractivity (Wildman–Crippen MR) is 82.6 cm³/mol. The van der Waals surface area contributed by atoms with Crippen LogP contribution in [0.1, 0.15) is 17.2 Å². The van der Waals surface area contributed by atoms with Gasteiger partial charge >= 0.3 is 0 Å². The summed E-state index contributed by atoms with van der Waals surface area (Å²) in [5.74, 6) is -0.499. The van der Waals surface area contributed by atoms with E-state index < -0.39 is 0 Å². The molecule has 0 bridgehead atoms. The smallest absolute Gasteiger partial charge is 0.168 e. The van der Waals surface area contributed by atoms with Crippen LogP contribution < -0.4 is 10.1 Å². The van der Waals surface area contributed by atoms with E-state index in [4.69, 9.17) is 4.74 Å². The molecule has 21 heavy (non-hydrogen) atoms. The Morgan fingerprint density at radius 2 is 2.00 bits per heavy atom. The molecule has 0 aromatic heterocycles. The zero-order valence-corrected chi connectivity index (χ0v) is 13.4. The van der Waals surface area contributed by atoms with Crippen molar-refractivity contribution in [2.75, 3.05) is 14.2 Å². The second-order valence-corrected chi connectivity index (χ2v) is 5.51. The van der Waals surface area contributed by atoms with Crippen molar-refractivity contribution in [1.82, 2.24) is 5.32 Å². The lowest BCUT2D eigenvalue weighted by Crippen LogP contribution is -2.19. The van der Waals surface area contributed by atoms with Gasteiger partial charge in [-0.05, 0) is 58.7 Å². The van der Waals surface area contributed by atoms with Gasteiger partial charge in [-0.15, -0.1) is 0 Å². The average molecular weight is 356 g/mol. The molecule has 0 aliphatic heterocycles. The van der Waals surface area contributed by atoms with Crippen molar-refractivity contribution in [2.45, 2.75) is 12.5 Å². The molecular formula is C16H16BrF2NO. The second kappa shape index (κ2) is 7.00. The van der Waals surface area contributed by atoms with Crippen LogP contribution in [0.15, 0.2) is 40.9 Å². The molecule has 2 aromatic carbocycles. The number of nitrogens with one attached hydrogen (secondary N) is 1. The molecule has 112 valence electrons. The number of halogens is 3. The van der Waals surface area contributed by atoms with E-state index in [-0.39, 0.29) is 23.4 Å². The van der Waals surface area contributed by atoms with Gasteiger partial charge in [0.15, 0.2) is 11.6 Å². The molecule has 0 saturated carbocycles. The second-order valence-electron chi connectivity index (χ2n) is 4.65. The van der Waals surface area contributed by atoms with Gasteiger partial charge in [-0.25, -0.2) is 8.78 Å². The molecule has 0 aliphatic rings. The van der Waals surface area contributed by atoms with Crippen LogP contribution in [0.2, 0.25) is 0 Å². The van der Waals surface area contributed by atoms with Gasteiger partial charge in [0.2, 0.25) is 0 Å². The number of hydrogen-bond acceptors (Lipinski definition) is 2. The van der Waals surface area contributed by atoms with Crippen LogP contribution in [-0.4, -0.2) is 14.2 Å². The van der Waals surface area contributed by atoms with Gasteiger partial charge in [0.1, 0.15) is 5.82 Å². The summed E-state index contributed by atoms with van der Waals surface area (Å²) < 4.78 is 33.2. The van der Waals surface area contributed by atoms with Gasteiger partial charge in [-0.3, -0.25) is 0 Å². The molecule has 0 spiro atoms. The van der Waals surface area contributed by atoms with Crippen LogP contribution in [-0.2, 0) is 6.42 Å². The Labute approximate surface area is 131 Å². The number of ether oxygens (including phenoxy) is 1. The molecular weight excluding hydrogens is 340 g/mol. The van der Waals surface area contributed by atoms with E-state index in [0.717, 1.165) is 5.56 Å². The Morgan fingerprint density at radius 1 is 1.24 bits per heavy atom. The highest BCUT2D eigenvalue weighted by Gasteiger charge is 2.16. The first-order chi connectivity index (χ1) is 10.1. The third-order valence-corrected chi connectivity index (χ3v) is 4.02. The Hall–Kier alpha value is -1.46. The number of likely N-dealkylation sites (N-methyl/N-ethyl adjacent to an activating group) is 1. The van der Waals surface area contributed by atoms with E-state index in [1.54, 1.807) is 31.3 Å². The normalized spacial score (nSPS) is 12.2. The third kappa shape index (κ3) is 3.60. The molecule has 0 heterocycles. The van der Waals surface area contributed by atoms with Gasteiger partial charge in [0.05, 0.1) is 11.6 Å². The van der Waals surface area contributed by atoms with Crippen LogP contribution in [0.3, 0.4) is 0 Å². The fourth-order valence-electron chi connectivity index (χ4n) is 2.21. The van der Waals surface area contributed by atoms with Crippen molar-refractivity contribution in [2.24, 2.45) is 0 Å². The summed E-state index contributed by atoms with van der Waals surface area (Å²) >= 11 is 3.13. The summed E-state index contributed by atoms with van der Waals surface area (Å²) in [7, 11) is 3.20. The lowest BCUT2D eigenvalue weighted by Gasteiger charge is -2.18. The molecule has 1 atom stereocenters. The van der Waals surface area contributed by atoms with E-state index in [0.29, 0.717) is 16.5 Å². The van der Waals surface area contributed by atoms with Gasteiger partial charge in [-0.1, -0.05) is 18.2 Å². The van der Waals surface area contributed by atoms with Crippen molar-refractivity contribution in [1.29, 1.82) is 0 Å². The molecule has 1 N–H and O–H groups in total. The molecule has 2 rings (SSSR count). The van der Waals surface area contributed by atoms with Crippen LogP contribution in [0, 0.1) is 11.6 Å². The minimum atomic E-state index is -0.377. The fourth-order valence-corrected chi connectivity index (χ4v) is 2.45. The minimum Gasteiger partial charge on any atom is -0.494 e. The SMILES string of the molecule is CNC(Cc1cccc(OC)c1F)c1ccc(Br)c(F)c1. The van der Waals surface area contributed by atoms with Crippen molar-refractivity contribution in [3.8, 4) is 5.75 Å². The number of rotatable bonds is 5. The summed E-state index contributed by atoms with van der Waals surface area (Å²) in [4.78, 5) is 0. The molecule has 0 amide bonds. The standard InChI is InChI=1S/C16H16BrF2NO/c1-20-14(10-6-7-12(17)13(18)8-10)9-11-4-3-5-15(21-2)16(11)19/h3-8,14,20H,9H2,1-2H3. The van der Waals surface area contributed by atoms with Crippen molar-refractivity contribution < 1.29 is 13.5 Å². The van der Waals surface area contributed by atoms with Crippen molar-refractivity contribution in [3.63, 3.8) is 0 Å². The molecule has 0 radical (unpaired) electrons. The first-order valence-corrected chi connectivity index (χ1v) is 7.29. The topological polar surface area (TPSA) is 21.3 Å². The molecule has 0 aliphatic carbocycles. The van der Waals surface area contributed by atoms with Crippen molar-refractivity contribution >= 4 is 15.9 Å². The van der Waals surface area contributed by atoms with Gasteiger partial charge in [0.25, 0.3) is 0 Å². The summed E-state index contributed by atoms with van der Waals surface area (Å²) in [6.45, 7) is 0. The minimum absolute atomic E-state index is 0.186. The number of benzene rings is 2. The first kappa shape index (κ1) is 15.9. The van der Waals surface area contributed by atoms with E-state index in [1.165, 1.54) is 13.2 Å². The fraction of sp³-hybridized carbons (Fsp3) is 0.250. The van der Waals surface area contributed by atoms with Crippen molar-refractivity contribution in [3.05, 3.63) is 63.6 Å². The van der Waals surface area contributed by atoms with Crippen LogP contribution in [0.25, 0.3) is 0 Å². The molecule has 2 aromatic rings. The highest BCUT2D eigenvalue weighted by molar-refractivity contribution is 9.10. The molecule has 0 saturated heterocycles. The number of methoxy groups -OCH3 is 1. The van der Waals surface area contributed by atoms with Crippen LogP contribution in [0.4, 0.5) is 8.78 Å². The van der Waals surface area contributed by atoms with Crippen LogP contribution >= 0.6 is 15.9 Å². The highest BCUT2D eigenvalue weighted by Crippen LogP contribution is 2.26. The van der Waals surface area contributed by atoms with Gasteiger partial charge in [0, 0.05) is 6.04 Å². The Kier molecular flexibility index (Phi) is 5.31. The Morgan fingerprint density at radius 3 is 2.62 bits per heavy atom. The Balaban J connectivity index is 2.29. The molecule has 2 nitrogen and oxygen atoms in total. The maximum Gasteiger partial charge on any atom is 0.168 e. The molecule has 5 heteroatoms. The van der Waals surface area contributed by atoms with E-state index in [9.17, 15) is 8.78 Å². The van der Waals surface area contributed by atoms with Gasteiger partial charge < -0.3 is 10.1 Å². The number of hydrogen-bond donors (Lipinski definition) is 1. The lowest BCUT2D eigenvalue weighted by atomic mass is 9.98. The highest BCUT2D eigenvalue weighted by atomic mass is 79.9. The maximum absolute atomic E-state index is 14.2. The zero-order valence-electron chi connectivity index (χ0n) is 11.8. The van der Waals surface area contributed by atoms with E-state index in [2.05, 4.69) is 21.2 Å². The average Bonchev–Trinajstić information content (AvgIpc) is 2.49. The third-order valence-electron chi connectivity index (χ3n) is 3.38. The lowest BCUT2D eigenvalue weighted by molar-refractivity contribution is 0.383. The predicted octanol–water partition coefficient (Wildman–Crippen LogP) is 4.24. The summed E-state index contributed by atoms with van der Waals surface area (Å²) in [6.07, 6.45) is 0.403. The first-order valence-electron chi connectivity index (χ1n) is 6.50. The Bertz CT molecular complexity index is 634. The maximum atomic E-state index is 14.2. The summed E-state index contributed by atoms with van der Waals surface area (Å²) in [5.41, 5.74) is 1.29. The largest absolute Gasteiger partial charge is 0.494 e. The summed E-state index contributed by atoms with van der Waals surface area (Å²) in [6, 6.07) is 9.75. The van der Waals surface area contributed by atoms with E-state index >= 15 is 0 Å². The zero-order chi connectivity index (χ0) is 15.4. The monoisotopic (exact) mass is 355 g/mol. The quantitative estimate of drug-likeness (QED) is 0.865. The summed E-state index contributed by atoms with van der Waals surface area (Å²) in [5, 5.41) is 3.09. The van der Waals surface area contributed by atoms with E-state index in [1.807, 2.05) is 6.07 Å². The van der Waals surface area contributed by atoms with Crippen LogP contribution in [0.5, 0.6) is 5.75 Å². The molecule has 0 fully saturated rings. The molecule has 1 unspecified atom stereocenters. The van der Waals surface area contributed by atoms with Gasteiger partial charge in [-0.2, -0.15) is 0 Å².